The van der Waals surface area contributed by atoms with Crippen molar-refractivity contribution in [3.63, 3.8) is 0 Å². The minimum atomic E-state index is -3.31. The molecule has 0 radical (unpaired) electrons. The molecular weight excluding hydrogens is 304 g/mol. The van der Waals surface area contributed by atoms with Gasteiger partial charge in [-0.3, -0.25) is 0 Å². The first-order chi connectivity index (χ1) is 10.6. The maximum Gasteiger partial charge on any atom is 0.317 e. The molecule has 1 saturated heterocycles. The van der Waals surface area contributed by atoms with Crippen molar-refractivity contribution in [2.45, 2.75) is 23.0 Å². The fraction of sp³-hybridized carbons (Fsp3) is 0.533. The number of nitrogens with one attached hydrogen (secondary N) is 1. The molecule has 22 heavy (non-hydrogen) atoms. The summed E-state index contributed by atoms with van der Waals surface area (Å²) in [6, 6.07) is 8.34. The Morgan fingerprint density at radius 1 is 1.27 bits per heavy atom. The first-order valence-corrected chi connectivity index (χ1v) is 8.91. The molecule has 1 aliphatic heterocycles. The van der Waals surface area contributed by atoms with Crippen molar-refractivity contribution in [1.82, 2.24) is 10.2 Å². The smallest absolute Gasteiger partial charge is 0.317 e. The predicted molar refractivity (Wildman–Crippen MR) is 83.5 cm³/mol. The van der Waals surface area contributed by atoms with Crippen LogP contribution in [-0.4, -0.2) is 57.9 Å². The molecule has 1 heterocycles. The summed E-state index contributed by atoms with van der Waals surface area (Å²) in [5, 5.41) is 2.33. The Balaban J connectivity index is 1.91. The second-order valence-electron chi connectivity index (χ2n) is 5.27. The zero-order valence-electron chi connectivity index (χ0n) is 12.7. The number of piperidine rings is 1. The summed E-state index contributed by atoms with van der Waals surface area (Å²) >= 11 is 0. The average molecular weight is 326 g/mol. The molecule has 0 aromatic heterocycles. The summed E-state index contributed by atoms with van der Waals surface area (Å²) in [5.41, 5.74) is 0. The molecule has 0 unspecified atom stereocenters. The van der Waals surface area contributed by atoms with Crippen molar-refractivity contribution in [2.75, 3.05) is 33.4 Å². The SMILES string of the molecule is COCCNC(=O)N1CCC(S(=O)(=O)c2ccccc2)CC1. The third-order valence-electron chi connectivity index (χ3n) is 3.82. The summed E-state index contributed by atoms with van der Waals surface area (Å²) in [4.78, 5) is 13.9. The van der Waals surface area contributed by atoms with E-state index in [-0.39, 0.29) is 6.03 Å². The van der Waals surface area contributed by atoms with E-state index in [1.807, 2.05) is 0 Å². The molecule has 1 aromatic carbocycles. The maximum atomic E-state index is 12.5. The van der Waals surface area contributed by atoms with E-state index in [2.05, 4.69) is 5.32 Å². The van der Waals surface area contributed by atoms with Gasteiger partial charge in [-0.05, 0) is 25.0 Å². The number of likely N-dealkylation sites (tertiary alicyclic amines) is 1. The van der Waals surface area contributed by atoms with Crippen LogP contribution in [0.2, 0.25) is 0 Å². The van der Waals surface area contributed by atoms with Gasteiger partial charge in [0, 0.05) is 26.7 Å². The van der Waals surface area contributed by atoms with E-state index < -0.39 is 15.1 Å². The van der Waals surface area contributed by atoms with E-state index in [1.165, 1.54) is 0 Å². The molecule has 6 nitrogen and oxygen atoms in total. The maximum absolute atomic E-state index is 12.5. The topological polar surface area (TPSA) is 75.7 Å². The van der Waals surface area contributed by atoms with Crippen LogP contribution in [0, 0.1) is 0 Å². The van der Waals surface area contributed by atoms with Crippen LogP contribution >= 0.6 is 0 Å². The van der Waals surface area contributed by atoms with Gasteiger partial charge >= 0.3 is 6.03 Å². The highest BCUT2D eigenvalue weighted by Crippen LogP contribution is 2.24. The van der Waals surface area contributed by atoms with Gasteiger partial charge in [0.2, 0.25) is 0 Å². The Bertz CT molecular complexity index is 581. The Labute approximate surface area is 131 Å². The fourth-order valence-corrected chi connectivity index (χ4v) is 4.30. The van der Waals surface area contributed by atoms with E-state index in [0.717, 1.165) is 0 Å². The summed E-state index contributed by atoms with van der Waals surface area (Å²) in [5.74, 6) is 0. The van der Waals surface area contributed by atoms with Gasteiger partial charge in [-0.1, -0.05) is 18.2 Å². The number of methoxy groups -OCH3 is 1. The van der Waals surface area contributed by atoms with Gasteiger partial charge in [-0.2, -0.15) is 0 Å². The van der Waals surface area contributed by atoms with Gasteiger partial charge in [0.05, 0.1) is 16.8 Å². The summed E-state index contributed by atoms with van der Waals surface area (Å²) in [6.45, 7) is 1.83. The highest BCUT2D eigenvalue weighted by Gasteiger charge is 2.32. The Morgan fingerprint density at radius 2 is 1.91 bits per heavy atom. The van der Waals surface area contributed by atoms with E-state index in [9.17, 15) is 13.2 Å². The number of carbonyl (C=O) groups excluding carboxylic acids is 1. The second-order valence-corrected chi connectivity index (χ2v) is 7.50. The van der Waals surface area contributed by atoms with Crippen molar-refractivity contribution in [2.24, 2.45) is 0 Å². The van der Waals surface area contributed by atoms with Gasteiger partial charge in [-0.15, -0.1) is 0 Å². The number of rotatable bonds is 5. The van der Waals surface area contributed by atoms with Crippen LogP contribution in [0.5, 0.6) is 0 Å². The lowest BCUT2D eigenvalue weighted by Gasteiger charge is -2.31. The molecule has 2 rings (SSSR count). The molecule has 0 atom stereocenters. The van der Waals surface area contributed by atoms with Crippen LogP contribution in [0.25, 0.3) is 0 Å². The molecule has 7 heteroatoms. The van der Waals surface area contributed by atoms with Crippen LogP contribution in [0.15, 0.2) is 35.2 Å². The number of hydrogen-bond acceptors (Lipinski definition) is 4. The van der Waals surface area contributed by atoms with Crippen LogP contribution < -0.4 is 5.32 Å². The summed E-state index contributed by atoms with van der Waals surface area (Å²) in [6.07, 6.45) is 0.934. The van der Waals surface area contributed by atoms with Gasteiger partial charge in [0.25, 0.3) is 0 Å². The molecule has 0 bridgehead atoms. The lowest BCUT2D eigenvalue weighted by Crippen LogP contribution is -2.47. The minimum Gasteiger partial charge on any atom is -0.383 e. The van der Waals surface area contributed by atoms with Crippen molar-refractivity contribution in [3.8, 4) is 0 Å². The average Bonchev–Trinajstić information content (AvgIpc) is 2.56. The van der Waals surface area contributed by atoms with E-state index >= 15 is 0 Å². The number of ether oxygens (including phenoxy) is 1. The third-order valence-corrected chi connectivity index (χ3v) is 6.10. The number of urea groups is 1. The number of benzene rings is 1. The number of nitrogens with zero attached hydrogens (tertiary/aromatic N) is 1. The van der Waals surface area contributed by atoms with Gasteiger partial charge in [-0.25, -0.2) is 13.2 Å². The summed E-state index contributed by atoms with van der Waals surface area (Å²) in [7, 11) is -1.73. The van der Waals surface area contributed by atoms with Crippen LogP contribution in [0.1, 0.15) is 12.8 Å². The molecular formula is C15H22N2O4S. The lowest BCUT2D eigenvalue weighted by atomic mass is 10.1. The first-order valence-electron chi connectivity index (χ1n) is 7.36. The van der Waals surface area contributed by atoms with E-state index in [1.54, 1.807) is 42.3 Å². The van der Waals surface area contributed by atoms with Crippen LogP contribution in [-0.2, 0) is 14.6 Å². The van der Waals surface area contributed by atoms with Gasteiger partial charge in [0.15, 0.2) is 9.84 Å². The standard InChI is InChI=1S/C15H22N2O4S/c1-21-12-9-16-15(18)17-10-7-14(8-11-17)22(19,20)13-5-3-2-4-6-13/h2-6,14H,7-12H2,1H3,(H,16,18). The van der Waals surface area contributed by atoms with Crippen molar-refractivity contribution in [3.05, 3.63) is 30.3 Å². The highest BCUT2D eigenvalue weighted by atomic mass is 32.2. The Hall–Kier alpha value is -1.60. The zero-order valence-corrected chi connectivity index (χ0v) is 13.5. The molecule has 122 valence electrons. The number of carbonyl (C=O) groups is 1. The molecule has 1 N–H and O–H groups in total. The van der Waals surface area contributed by atoms with Crippen molar-refractivity contribution in [1.29, 1.82) is 0 Å². The molecule has 2 amide bonds. The highest BCUT2D eigenvalue weighted by molar-refractivity contribution is 7.92. The van der Waals surface area contributed by atoms with E-state index in [0.29, 0.717) is 44.0 Å². The molecule has 0 aliphatic carbocycles. The molecule has 0 saturated carbocycles. The van der Waals surface area contributed by atoms with Gasteiger partial charge < -0.3 is 15.0 Å². The quantitative estimate of drug-likeness (QED) is 0.827. The molecule has 1 aliphatic rings. The van der Waals surface area contributed by atoms with E-state index in [4.69, 9.17) is 4.74 Å². The van der Waals surface area contributed by atoms with Crippen molar-refractivity contribution >= 4 is 15.9 Å². The fourth-order valence-electron chi connectivity index (χ4n) is 2.54. The Morgan fingerprint density at radius 3 is 2.50 bits per heavy atom. The molecule has 1 fully saturated rings. The predicted octanol–water partition coefficient (Wildman–Crippen LogP) is 1.28. The monoisotopic (exact) mass is 326 g/mol. The molecule has 1 aromatic rings. The number of sulfone groups is 1. The largest absolute Gasteiger partial charge is 0.383 e. The Kier molecular flexibility index (Phi) is 5.79. The number of amides is 2. The third kappa shape index (κ3) is 3.98. The van der Waals surface area contributed by atoms with Crippen LogP contribution in [0.4, 0.5) is 4.79 Å². The lowest BCUT2D eigenvalue weighted by molar-refractivity contribution is 0.173. The first kappa shape index (κ1) is 16.8. The van der Waals surface area contributed by atoms with Crippen LogP contribution in [0.3, 0.4) is 0 Å². The van der Waals surface area contributed by atoms with Crippen molar-refractivity contribution < 1.29 is 17.9 Å². The van der Waals surface area contributed by atoms with Gasteiger partial charge in [0.1, 0.15) is 0 Å². The molecule has 0 spiro atoms. The summed E-state index contributed by atoms with van der Waals surface area (Å²) < 4.78 is 30.0. The normalized spacial score (nSPS) is 16.5. The minimum absolute atomic E-state index is 0.160. The zero-order chi connectivity index (χ0) is 16.0. The number of hydrogen-bond donors (Lipinski definition) is 1. The second kappa shape index (κ2) is 7.60.